The molecule has 14 nitrogen and oxygen atoms in total. The van der Waals surface area contributed by atoms with E-state index in [9.17, 15) is 14.2 Å². The summed E-state index contributed by atoms with van der Waals surface area (Å²) in [6.07, 6.45) is -0.0889. The number of H-pyrrole nitrogens is 1. The van der Waals surface area contributed by atoms with Crippen molar-refractivity contribution < 1.29 is 37.4 Å². The number of benzene rings is 2. The molecule has 0 bridgehead atoms. The zero-order chi connectivity index (χ0) is 28.5. The molecule has 0 spiro atoms. The maximum absolute atomic E-state index is 13.4. The first-order valence-corrected chi connectivity index (χ1v) is 13.7. The lowest BCUT2D eigenvalue weighted by atomic mass is 10.2. The summed E-state index contributed by atoms with van der Waals surface area (Å²) in [7, 11) is -2.37. The van der Waals surface area contributed by atoms with Gasteiger partial charge in [-0.15, -0.1) is 0 Å². The van der Waals surface area contributed by atoms with Crippen LogP contribution < -0.4 is 20.8 Å². The van der Waals surface area contributed by atoms with Crippen molar-refractivity contribution in [3.63, 3.8) is 0 Å². The number of aromatic nitrogens is 4. The zero-order valence-corrected chi connectivity index (χ0v) is 22.7. The van der Waals surface area contributed by atoms with Crippen molar-refractivity contribution in [3.05, 3.63) is 76.3 Å². The van der Waals surface area contributed by atoms with E-state index >= 15 is 0 Å². The number of nitrogens with two attached hydrogens (primary N) is 1. The van der Waals surface area contributed by atoms with Gasteiger partial charge in [0, 0.05) is 6.54 Å². The second kappa shape index (κ2) is 13.2. The fourth-order valence-electron chi connectivity index (χ4n) is 3.53. The molecule has 0 aliphatic carbocycles. The second-order valence-electron chi connectivity index (χ2n) is 8.34. The summed E-state index contributed by atoms with van der Waals surface area (Å²) in [4.78, 5) is 34.6. The summed E-state index contributed by atoms with van der Waals surface area (Å²) < 4.78 is 46.7. The van der Waals surface area contributed by atoms with Crippen molar-refractivity contribution in [2.75, 3.05) is 32.6 Å². The Morgan fingerprint density at radius 3 is 2.70 bits per heavy atom. The second-order valence-corrected chi connectivity index (χ2v) is 10.3. The molecule has 2 aromatic carbocycles. The number of aryl methyl sites for hydroxylation is 1. The van der Waals surface area contributed by atoms with Gasteiger partial charge in [0.1, 0.15) is 17.8 Å². The number of nitrogens with zero attached hydrogens (tertiary/aromatic N) is 3. The quantitative estimate of drug-likeness (QED) is 0.0781. The fraction of sp³-hybridized carbons (Fsp3) is 0.280. The predicted molar refractivity (Wildman–Crippen MR) is 143 cm³/mol. The average Bonchev–Trinajstić information content (AvgIpc) is 3.34. The van der Waals surface area contributed by atoms with Crippen molar-refractivity contribution >= 4 is 30.9 Å². The molecule has 2 aromatic heterocycles. The molecule has 0 radical (unpaired) electrons. The van der Waals surface area contributed by atoms with E-state index in [0.29, 0.717) is 5.75 Å². The topological polar surface area (TPSA) is 179 Å². The highest BCUT2D eigenvalue weighted by Crippen LogP contribution is 2.49. The number of rotatable bonds is 13. The lowest BCUT2D eigenvalue weighted by molar-refractivity contribution is 0.0154. The van der Waals surface area contributed by atoms with Crippen molar-refractivity contribution in [3.8, 4) is 11.5 Å². The first-order valence-electron chi connectivity index (χ1n) is 12.0. The van der Waals surface area contributed by atoms with Crippen LogP contribution in [0.2, 0.25) is 0 Å². The molecule has 0 saturated carbocycles. The van der Waals surface area contributed by atoms with Gasteiger partial charge in [-0.25, -0.2) is 9.78 Å². The van der Waals surface area contributed by atoms with Gasteiger partial charge < -0.3 is 33.8 Å². The zero-order valence-electron chi connectivity index (χ0n) is 21.8. The van der Waals surface area contributed by atoms with Crippen LogP contribution in [0, 0.1) is 6.92 Å². The van der Waals surface area contributed by atoms with E-state index < -0.39 is 32.5 Å². The Kier molecular flexibility index (Phi) is 9.51. The van der Waals surface area contributed by atoms with Crippen molar-refractivity contribution in [1.29, 1.82) is 0 Å². The van der Waals surface area contributed by atoms with E-state index in [0.717, 1.165) is 11.1 Å². The predicted octanol–water partition coefficient (Wildman–Crippen LogP) is 3.59. The summed E-state index contributed by atoms with van der Waals surface area (Å²) in [6, 6.07) is 13.8. The lowest BCUT2D eigenvalue weighted by Gasteiger charge is -2.19. The number of fused-ring (bicyclic) bond motifs is 1. The molecule has 0 saturated heterocycles. The molecule has 2 heterocycles. The Bertz CT molecular complexity index is 1560. The number of nitrogen functional groups attached to an aromatic ring is 1. The summed E-state index contributed by atoms with van der Waals surface area (Å²) in [5.74, 6) is 0.823. The Labute approximate surface area is 228 Å². The van der Waals surface area contributed by atoms with Gasteiger partial charge in [0.15, 0.2) is 11.2 Å². The third-order valence-electron chi connectivity index (χ3n) is 5.48. The Morgan fingerprint density at radius 1 is 1.15 bits per heavy atom. The third-order valence-corrected chi connectivity index (χ3v) is 7.00. The van der Waals surface area contributed by atoms with Crippen LogP contribution in [0.4, 0.5) is 10.7 Å². The maximum atomic E-state index is 13.4. The minimum absolute atomic E-state index is 0.0326. The van der Waals surface area contributed by atoms with Gasteiger partial charge in [-0.1, -0.05) is 30.3 Å². The van der Waals surface area contributed by atoms with E-state index in [2.05, 4.69) is 15.0 Å². The van der Waals surface area contributed by atoms with Gasteiger partial charge in [-0.05, 0) is 36.2 Å². The molecule has 0 fully saturated rings. The highest BCUT2D eigenvalue weighted by Gasteiger charge is 2.27. The number of carbonyl (C=O) groups is 1. The standard InChI is InChI=1S/C25H28N5O9P/c1-17-12-19(8-9-20(17)34-2)39-25(32)36-15-38-40(33,37-13-18-6-4-3-5-7-18)16-35-11-10-30-14-27-21-22(30)28-24(26)29-23(21)31/h3-9,12,14H,10-11,13,15-16H2,1-2H3,(H3,26,28,29,31). The van der Waals surface area contributed by atoms with Gasteiger partial charge in [0.2, 0.25) is 12.7 Å². The SMILES string of the molecule is COc1ccc(OC(=O)OCOP(=O)(COCCn2cnc3c(=O)[nH]c(N)nc32)OCc2ccccc2)cc1C. The molecule has 40 heavy (non-hydrogen) atoms. The molecule has 4 aromatic rings. The summed E-state index contributed by atoms with van der Waals surface area (Å²) >= 11 is 0. The van der Waals surface area contributed by atoms with Crippen molar-refractivity contribution in [2.45, 2.75) is 20.1 Å². The number of hydrogen-bond acceptors (Lipinski definition) is 12. The number of aromatic amines is 1. The molecule has 4 rings (SSSR count). The molecule has 1 unspecified atom stereocenters. The van der Waals surface area contributed by atoms with Crippen LogP contribution in [0.3, 0.4) is 0 Å². The highest BCUT2D eigenvalue weighted by molar-refractivity contribution is 7.53. The molecular formula is C25H28N5O9P. The van der Waals surface area contributed by atoms with E-state index in [1.807, 2.05) is 18.2 Å². The molecular weight excluding hydrogens is 545 g/mol. The lowest BCUT2D eigenvalue weighted by Crippen LogP contribution is -2.15. The molecule has 212 valence electrons. The Balaban J connectivity index is 1.32. The molecule has 15 heteroatoms. The molecule has 3 N–H and O–H groups in total. The van der Waals surface area contributed by atoms with E-state index in [-0.39, 0.29) is 42.6 Å². The van der Waals surface area contributed by atoms with Crippen LogP contribution >= 0.6 is 7.60 Å². The number of imidazole rings is 1. The largest absolute Gasteiger partial charge is 0.515 e. The van der Waals surface area contributed by atoms with Crippen molar-refractivity contribution in [2.24, 2.45) is 0 Å². The van der Waals surface area contributed by atoms with Crippen LogP contribution in [0.1, 0.15) is 11.1 Å². The van der Waals surface area contributed by atoms with Gasteiger partial charge >= 0.3 is 13.8 Å². The normalized spacial score (nSPS) is 12.7. The monoisotopic (exact) mass is 573 g/mol. The van der Waals surface area contributed by atoms with Crippen LogP contribution in [0.25, 0.3) is 11.2 Å². The molecule has 0 aliphatic heterocycles. The summed E-state index contributed by atoms with van der Waals surface area (Å²) in [5, 5.41) is 0. The van der Waals surface area contributed by atoms with E-state index in [1.54, 1.807) is 41.8 Å². The van der Waals surface area contributed by atoms with E-state index in [4.69, 9.17) is 33.7 Å². The van der Waals surface area contributed by atoms with Gasteiger partial charge in [0.05, 0.1) is 26.7 Å². The van der Waals surface area contributed by atoms with Gasteiger partial charge in [0.25, 0.3) is 5.56 Å². The third kappa shape index (κ3) is 7.67. The fourth-order valence-corrected chi connectivity index (χ4v) is 4.66. The number of anilines is 1. The number of nitrogens with one attached hydrogen (secondary N) is 1. The molecule has 1 atom stereocenters. The molecule has 0 aliphatic rings. The van der Waals surface area contributed by atoms with Gasteiger partial charge in [-0.2, -0.15) is 4.98 Å². The molecule has 0 amide bonds. The van der Waals surface area contributed by atoms with Gasteiger partial charge in [-0.3, -0.25) is 18.9 Å². The van der Waals surface area contributed by atoms with Crippen LogP contribution in [0.15, 0.2) is 59.7 Å². The first-order chi connectivity index (χ1) is 19.3. The number of carbonyl (C=O) groups excluding carboxylic acids is 1. The summed E-state index contributed by atoms with van der Waals surface area (Å²) in [5.41, 5.74) is 7.07. The maximum Gasteiger partial charge on any atom is 0.515 e. The Morgan fingerprint density at radius 2 is 1.95 bits per heavy atom. The Hall–Kier alpha value is -4.23. The smallest absolute Gasteiger partial charge is 0.496 e. The van der Waals surface area contributed by atoms with Crippen LogP contribution in [0.5, 0.6) is 11.5 Å². The first kappa shape index (κ1) is 28.8. The number of ether oxygens (including phenoxy) is 4. The van der Waals surface area contributed by atoms with E-state index in [1.165, 1.54) is 13.4 Å². The van der Waals surface area contributed by atoms with Crippen LogP contribution in [-0.4, -0.2) is 52.5 Å². The minimum atomic E-state index is -3.90. The summed E-state index contributed by atoms with van der Waals surface area (Å²) in [6.45, 7) is 1.31. The highest BCUT2D eigenvalue weighted by atomic mass is 31.2. The van der Waals surface area contributed by atoms with Crippen molar-refractivity contribution in [1.82, 2.24) is 19.5 Å². The van der Waals surface area contributed by atoms with Crippen LogP contribution in [-0.2, 0) is 36.2 Å². The number of methoxy groups -OCH3 is 1. The average molecular weight is 573 g/mol. The number of hydrogen-bond donors (Lipinski definition) is 2. The minimum Gasteiger partial charge on any atom is -0.496 e.